The van der Waals surface area contributed by atoms with E-state index in [9.17, 15) is 14.0 Å². The Morgan fingerprint density at radius 2 is 1.95 bits per heavy atom. The third-order valence-electron chi connectivity index (χ3n) is 3.95. The quantitative estimate of drug-likeness (QED) is 0.914. The van der Waals surface area contributed by atoms with Gasteiger partial charge in [0.2, 0.25) is 5.67 Å². The summed E-state index contributed by atoms with van der Waals surface area (Å²) >= 11 is 0. The highest BCUT2D eigenvalue weighted by Crippen LogP contribution is 2.30. The predicted octanol–water partition coefficient (Wildman–Crippen LogP) is 2.32. The molecule has 2 heterocycles. The number of H-pyrrole nitrogens is 1. The molecule has 1 aliphatic rings. The van der Waals surface area contributed by atoms with E-state index in [1.54, 1.807) is 12.4 Å². The third kappa shape index (κ3) is 2.36. The van der Waals surface area contributed by atoms with Crippen molar-refractivity contribution in [2.45, 2.75) is 12.1 Å². The van der Waals surface area contributed by atoms with Gasteiger partial charge in [-0.15, -0.1) is 0 Å². The largest absolute Gasteiger partial charge is 0.479 e. The predicted molar refractivity (Wildman–Crippen MR) is 78.2 cm³/mol. The number of carboxylic acids is 1. The number of benzene rings is 1. The van der Waals surface area contributed by atoms with Crippen molar-refractivity contribution in [1.82, 2.24) is 9.88 Å². The van der Waals surface area contributed by atoms with Crippen molar-refractivity contribution >= 4 is 11.9 Å². The Morgan fingerprint density at radius 1 is 1.23 bits per heavy atom. The number of carboxylic acid groups (broad SMARTS) is 1. The number of carbonyl (C=O) groups excluding carboxylic acids is 1. The lowest BCUT2D eigenvalue weighted by Gasteiger charge is -2.18. The average Bonchev–Trinajstić information content (AvgIpc) is 3.15. The van der Waals surface area contributed by atoms with Gasteiger partial charge in [0, 0.05) is 30.9 Å². The molecule has 1 amide bonds. The minimum absolute atomic E-state index is 0.0983. The molecule has 2 aromatic rings. The molecule has 22 heavy (non-hydrogen) atoms. The van der Waals surface area contributed by atoms with E-state index in [4.69, 9.17) is 5.11 Å². The normalized spacial score (nSPS) is 21.0. The number of nitrogens with zero attached hydrogens (tertiary/aromatic N) is 1. The van der Waals surface area contributed by atoms with Gasteiger partial charge in [0.1, 0.15) is 0 Å². The van der Waals surface area contributed by atoms with E-state index in [1.807, 2.05) is 30.3 Å². The van der Waals surface area contributed by atoms with E-state index >= 15 is 0 Å². The lowest BCUT2D eigenvalue weighted by Crippen LogP contribution is -2.38. The molecule has 1 aromatic carbocycles. The van der Waals surface area contributed by atoms with Crippen LogP contribution in [0.3, 0.4) is 0 Å². The summed E-state index contributed by atoms with van der Waals surface area (Å²) in [5.74, 6) is -1.87. The van der Waals surface area contributed by atoms with Crippen molar-refractivity contribution in [3.8, 4) is 11.1 Å². The minimum Gasteiger partial charge on any atom is -0.479 e. The molecule has 1 aliphatic heterocycles. The molecule has 2 N–H and O–H groups in total. The second kappa shape index (κ2) is 5.29. The van der Waals surface area contributed by atoms with Gasteiger partial charge in [-0.25, -0.2) is 9.18 Å². The molecule has 1 aromatic heterocycles. The van der Waals surface area contributed by atoms with E-state index in [0.717, 1.165) is 11.1 Å². The number of halogens is 1. The highest BCUT2D eigenvalue weighted by Gasteiger charge is 2.47. The lowest BCUT2D eigenvalue weighted by atomic mass is 10.0. The molecule has 0 spiro atoms. The monoisotopic (exact) mass is 302 g/mol. The molecule has 114 valence electrons. The maximum Gasteiger partial charge on any atom is 0.343 e. The van der Waals surface area contributed by atoms with Gasteiger partial charge in [0.05, 0.1) is 12.1 Å². The van der Waals surface area contributed by atoms with Crippen LogP contribution in [-0.2, 0) is 4.79 Å². The number of amides is 1. The second-order valence-corrected chi connectivity index (χ2v) is 5.40. The van der Waals surface area contributed by atoms with Crippen LogP contribution in [0.25, 0.3) is 11.1 Å². The first-order valence-electron chi connectivity index (χ1n) is 6.95. The molecule has 0 saturated carbocycles. The Morgan fingerprint density at radius 3 is 2.59 bits per heavy atom. The molecule has 5 nitrogen and oxygen atoms in total. The van der Waals surface area contributed by atoms with E-state index in [0.29, 0.717) is 5.56 Å². The number of nitrogens with one attached hydrogen (secondary N) is 1. The average molecular weight is 302 g/mol. The minimum atomic E-state index is -2.35. The summed E-state index contributed by atoms with van der Waals surface area (Å²) in [5, 5.41) is 8.92. The number of likely N-dealkylation sites (tertiary alicyclic amines) is 1. The zero-order valence-corrected chi connectivity index (χ0v) is 11.8. The molecule has 1 fully saturated rings. The van der Waals surface area contributed by atoms with Crippen LogP contribution < -0.4 is 0 Å². The SMILES string of the molecule is O=C(c1c[nH]cc1-c1ccccc1)N1CCC(F)(C(=O)O)C1. The zero-order chi connectivity index (χ0) is 15.7. The first-order valence-corrected chi connectivity index (χ1v) is 6.95. The molecule has 0 aliphatic carbocycles. The molecule has 1 atom stereocenters. The standard InChI is InChI=1S/C16H15FN2O3/c17-16(15(21)22)6-7-19(10-16)14(20)13-9-18-8-12(13)11-4-2-1-3-5-11/h1-5,8-9,18H,6-7,10H2,(H,21,22). The van der Waals surface area contributed by atoms with Gasteiger partial charge in [0.15, 0.2) is 0 Å². The Bertz CT molecular complexity index is 713. The summed E-state index contributed by atoms with van der Waals surface area (Å²) in [6.45, 7) is -0.318. The van der Waals surface area contributed by atoms with Crippen molar-refractivity contribution in [3.05, 3.63) is 48.3 Å². The Labute approximate surface area is 126 Å². The van der Waals surface area contributed by atoms with Gasteiger partial charge in [-0.05, 0) is 5.56 Å². The van der Waals surface area contributed by atoms with Gasteiger partial charge in [-0.1, -0.05) is 30.3 Å². The molecule has 6 heteroatoms. The maximum atomic E-state index is 14.1. The molecule has 1 saturated heterocycles. The highest BCUT2D eigenvalue weighted by molar-refractivity contribution is 6.01. The summed E-state index contributed by atoms with van der Waals surface area (Å²) in [7, 11) is 0. The number of aromatic nitrogens is 1. The second-order valence-electron chi connectivity index (χ2n) is 5.40. The van der Waals surface area contributed by atoms with Crippen LogP contribution in [0, 0.1) is 0 Å². The lowest BCUT2D eigenvalue weighted by molar-refractivity contribution is -0.149. The fraction of sp³-hybridized carbons (Fsp3) is 0.250. The van der Waals surface area contributed by atoms with Gasteiger partial charge in [-0.3, -0.25) is 4.79 Å². The van der Waals surface area contributed by atoms with Crippen LogP contribution in [0.5, 0.6) is 0 Å². The Kier molecular flexibility index (Phi) is 3.44. The van der Waals surface area contributed by atoms with Crippen LogP contribution in [-0.4, -0.2) is 45.6 Å². The van der Waals surface area contributed by atoms with Gasteiger partial charge in [0.25, 0.3) is 5.91 Å². The summed E-state index contributed by atoms with van der Waals surface area (Å²) in [5.41, 5.74) is -0.340. The summed E-state index contributed by atoms with van der Waals surface area (Å²) in [6, 6.07) is 9.36. The maximum absolute atomic E-state index is 14.1. The molecule has 3 rings (SSSR count). The number of aromatic amines is 1. The van der Waals surface area contributed by atoms with E-state index in [1.165, 1.54) is 4.90 Å². The third-order valence-corrected chi connectivity index (χ3v) is 3.95. The molecule has 0 bridgehead atoms. The van der Waals surface area contributed by atoms with Crippen molar-refractivity contribution in [1.29, 1.82) is 0 Å². The van der Waals surface area contributed by atoms with Crippen LogP contribution in [0.2, 0.25) is 0 Å². The van der Waals surface area contributed by atoms with Crippen molar-refractivity contribution in [3.63, 3.8) is 0 Å². The van der Waals surface area contributed by atoms with Crippen LogP contribution in [0.4, 0.5) is 4.39 Å². The summed E-state index contributed by atoms with van der Waals surface area (Å²) < 4.78 is 14.1. The van der Waals surface area contributed by atoms with Crippen molar-refractivity contribution in [2.24, 2.45) is 0 Å². The van der Waals surface area contributed by atoms with E-state index in [2.05, 4.69) is 4.98 Å². The number of hydrogen-bond acceptors (Lipinski definition) is 2. The Balaban J connectivity index is 1.86. The van der Waals surface area contributed by atoms with Crippen molar-refractivity contribution in [2.75, 3.05) is 13.1 Å². The Hall–Kier alpha value is -2.63. The number of carbonyl (C=O) groups is 2. The fourth-order valence-electron chi connectivity index (χ4n) is 2.69. The first-order chi connectivity index (χ1) is 10.5. The fourth-order valence-corrected chi connectivity index (χ4v) is 2.69. The van der Waals surface area contributed by atoms with Crippen LogP contribution in [0.1, 0.15) is 16.8 Å². The number of aliphatic carboxylic acids is 1. The van der Waals surface area contributed by atoms with Crippen LogP contribution in [0.15, 0.2) is 42.7 Å². The van der Waals surface area contributed by atoms with Crippen molar-refractivity contribution < 1.29 is 19.1 Å². The summed E-state index contributed by atoms with van der Waals surface area (Å²) in [6.07, 6.45) is 3.08. The van der Waals surface area contributed by atoms with Gasteiger partial charge >= 0.3 is 5.97 Å². The van der Waals surface area contributed by atoms with Gasteiger partial charge < -0.3 is 15.0 Å². The first kappa shape index (κ1) is 14.3. The molecular weight excluding hydrogens is 287 g/mol. The topological polar surface area (TPSA) is 73.4 Å². The number of alkyl halides is 1. The van der Waals surface area contributed by atoms with Gasteiger partial charge in [-0.2, -0.15) is 0 Å². The smallest absolute Gasteiger partial charge is 0.343 e. The molecular formula is C16H15FN2O3. The highest BCUT2D eigenvalue weighted by atomic mass is 19.1. The zero-order valence-electron chi connectivity index (χ0n) is 11.8. The number of hydrogen-bond donors (Lipinski definition) is 2. The summed E-state index contributed by atoms with van der Waals surface area (Å²) in [4.78, 5) is 27.6. The van der Waals surface area contributed by atoms with E-state index < -0.39 is 18.2 Å². The number of rotatable bonds is 3. The van der Waals surface area contributed by atoms with Crippen LogP contribution >= 0.6 is 0 Å². The molecule has 0 radical (unpaired) electrons. The molecule has 1 unspecified atom stereocenters. The van der Waals surface area contributed by atoms with E-state index in [-0.39, 0.29) is 18.9 Å².